The van der Waals surface area contributed by atoms with Crippen LogP contribution in [-0.2, 0) is 16.0 Å². The molecule has 0 spiro atoms. The van der Waals surface area contributed by atoms with Gasteiger partial charge in [0, 0.05) is 17.6 Å². The fourth-order valence-corrected chi connectivity index (χ4v) is 5.83. The quantitative estimate of drug-likeness (QED) is 0.134. The molecule has 8 nitrogen and oxygen atoms in total. The van der Waals surface area contributed by atoms with Gasteiger partial charge in [0.25, 0.3) is 0 Å². The molecule has 1 aliphatic heterocycles. The number of halogens is 2. The number of carbonyl (C=O) groups is 2. The van der Waals surface area contributed by atoms with E-state index in [1.165, 1.54) is 32.8 Å². The van der Waals surface area contributed by atoms with Gasteiger partial charge in [-0.25, -0.2) is 14.2 Å². The predicted molar refractivity (Wildman–Crippen MR) is 177 cm³/mol. The highest BCUT2D eigenvalue weighted by atomic mass is 79.9. The number of hydrazine groups is 1. The summed E-state index contributed by atoms with van der Waals surface area (Å²) in [6.07, 6.45) is 3.36. The van der Waals surface area contributed by atoms with Crippen molar-refractivity contribution in [3.63, 3.8) is 0 Å². The van der Waals surface area contributed by atoms with Crippen molar-refractivity contribution < 1.29 is 28.2 Å². The molecule has 0 atom stereocenters. The number of benzene rings is 4. The number of ether oxygens (including phenoxy) is 3. The number of aryl methyl sites for hydroxylation is 1. The number of nitrogens with one attached hydrogen (secondary N) is 1. The van der Waals surface area contributed by atoms with Gasteiger partial charge in [-0.1, -0.05) is 28.1 Å². The van der Waals surface area contributed by atoms with Crippen LogP contribution in [-0.4, -0.2) is 39.2 Å². The molecule has 0 unspecified atom stereocenters. The van der Waals surface area contributed by atoms with Crippen LogP contribution in [0.25, 0.3) is 0 Å². The third-order valence-electron chi connectivity index (χ3n) is 7.65. The molecule has 1 aliphatic rings. The molecule has 0 saturated carbocycles. The average Bonchev–Trinajstić information content (AvgIpc) is 3.06. The summed E-state index contributed by atoms with van der Waals surface area (Å²) in [6.45, 7) is 3.81. The molecule has 1 amide bonds. The fourth-order valence-electron chi connectivity index (χ4n) is 5.34. The first-order valence-corrected chi connectivity index (χ1v) is 15.5. The lowest BCUT2D eigenvalue weighted by Crippen LogP contribution is -2.40. The van der Waals surface area contributed by atoms with E-state index in [-0.39, 0.29) is 23.7 Å². The summed E-state index contributed by atoms with van der Waals surface area (Å²) < 4.78 is 30.1. The van der Waals surface area contributed by atoms with E-state index < -0.39 is 5.97 Å². The van der Waals surface area contributed by atoms with E-state index in [0.717, 1.165) is 42.9 Å². The van der Waals surface area contributed by atoms with Gasteiger partial charge in [-0.2, -0.15) is 0 Å². The minimum Gasteiger partial charge on any atom is -0.496 e. The van der Waals surface area contributed by atoms with Crippen LogP contribution in [0.4, 0.5) is 21.5 Å². The second-order valence-corrected chi connectivity index (χ2v) is 11.6. The van der Waals surface area contributed by atoms with E-state index in [9.17, 15) is 14.0 Å². The first-order chi connectivity index (χ1) is 21.8. The zero-order chi connectivity index (χ0) is 31.9. The third-order valence-corrected chi connectivity index (χ3v) is 8.38. The van der Waals surface area contributed by atoms with E-state index in [0.29, 0.717) is 33.0 Å². The average molecular weight is 677 g/mol. The molecular formula is C35H35BrFN3O5. The molecule has 5 rings (SSSR count). The lowest BCUT2D eigenvalue weighted by atomic mass is 10.0. The highest BCUT2D eigenvalue weighted by molar-refractivity contribution is 9.10. The van der Waals surface area contributed by atoms with Gasteiger partial charge < -0.3 is 19.1 Å². The van der Waals surface area contributed by atoms with E-state index in [1.807, 2.05) is 31.2 Å². The Morgan fingerprint density at radius 1 is 0.933 bits per heavy atom. The van der Waals surface area contributed by atoms with Gasteiger partial charge in [0.05, 0.1) is 37.7 Å². The van der Waals surface area contributed by atoms with Crippen molar-refractivity contribution in [3.05, 3.63) is 106 Å². The van der Waals surface area contributed by atoms with Crippen LogP contribution in [0.1, 0.15) is 40.7 Å². The van der Waals surface area contributed by atoms with Gasteiger partial charge in [-0.15, -0.1) is 0 Å². The van der Waals surface area contributed by atoms with E-state index >= 15 is 0 Å². The maximum atomic E-state index is 14.3. The van der Waals surface area contributed by atoms with Crippen molar-refractivity contribution in [3.8, 4) is 17.2 Å². The van der Waals surface area contributed by atoms with Crippen molar-refractivity contribution in [1.29, 1.82) is 0 Å². The molecule has 1 N–H and O–H groups in total. The number of hydrogen-bond acceptors (Lipinski definition) is 7. The van der Waals surface area contributed by atoms with Crippen molar-refractivity contribution in [2.45, 2.75) is 32.6 Å². The molecule has 45 heavy (non-hydrogen) atoms. The number of nitrogens with zero attached hydrogens (tertiary/aromatic N) is 2. The van der Waals surface area contributed by atoms with E-state index in [2.05, 4.69) is 32.3 Å². The Hall–Kier alpha value is -4.57. The van der Waals surface area contributed by atoms with Crippen LogP contribution in [0.3, 0.4) is 0 Å². The first-order valence-electron chi connectivity index (χ1n) is 14.7. The topological polar surface area (TPSA) is 80.3 Å². The molecule has 0 aliphatic carbocycles. The first kappa shape index (κ1) is 31.8. The SMILES string of the molecule is COC(=O)c1cc(Br)c(CC(=O)N(Nc2ccc(Oc3ccc(F)cc3)cc2)c2c(C)cccc2N2CCCCC2)cc1OC. The van der Waals surface area contributed by atoms with Crippen molar-refractivity contribution in [1.82, 2.24) is 0 Å². The molecule has 1 saturated heterocycles. The summed E-state index contributed by atoms with van der Waals surface area (Å²) in [5, 5.41) is 1.60. The Labute approximate surface area is 270 Å². The monoisotopic (exact) mass is 675 g/mol. The molecule has 0 aromatic heterocycles. The highest BCUT2D eigenvalue weighted by Gasteiger charge is 2.26. The Morgan fingerprint density at radius 2 is 1.60 bits per heavy atom. The summed E-state index contributed by atoms with van der Waals surface area (Å²) in [5.41, 5.74) is 7.60. The van der Waals surface area contributed by atoms with Gasteiger partial charge >= 0.3 is 5.97 Å². The number of carbonyl (C=O) groups excluding carboxylic acids is 2. The standard InChI is InChI=1S/C35H35BrFN3O5/c1-23-8-7-9-31(39-18-5-4-6-19-39)34(23)40(33(41)21-24-20-32(43-2)29(22-30(24)36)35(42)44-3)38-26-12-16-28(17-13-26)45-27-14-10-25(37)11-15-27/h7-17,20,22,38H,4-6,18-19,21H2,1-3H3. The molecule has 234 valence electrons. The van der Waals surface area contributed by atoms with E-state index in [1.54, 1.807) is 41.4 Å². The molecule has 4 aromatic rings. The van der Waals surface area contributed by atoms with Gasteiger partial charge in [-0.3, -0.25) is 10.2 Å². The fraction of sp³-hybridized carbons (Fsp3) is 0.257. The van der Waals surface area contributed by atoms with Crippen molar-refractivity contribution in [2.75, 3.05) is 42.6 Å². The number of methoxy groups -OCH3 is 2. The molecule has 1 fully saturated rings. The Bertz CT molecular complexity index is 1660. The largest absolute Gasteiger partial charge is 0.496 e. The number of esters is 1. The van der Waals surface area contributed by atoms with Crippen LogP contribution >= 0.6 is 15.9 Å². The molecule has 0 radical (unpaired) electrons. The number of hydrogen-bond donors (Lipinski definition) is 1. The Balaban J connectivity index is 1.49. The molecule has 10 heteroatoms. The third kappa shape index (κ3) is 7.57. The summed E-state index contributed by atoms with van der Waals surface area (Å²) in [6, 6.07) is 22.4. The zero-order valence-electron chi connectivity index (χ0n) is 25.4. The van der Waals surface area contributed by atoms with Gasteiger partial charge in [-0.05, 0) is 104 Å². The Kier molecular flexibility index (Phi) is 10.2. The zero-order valence-corrected chi connectivity index (χ0v) is 27.0. The second-order valence-electron chi connectivity index (χ2n) is 10.7. The smallest absolute Gasteiger partial charge is 0.341 e. The molecule has 0 bridgehead atoms. The number of piperidine rings is 1. The number of anilines is 3. The van der Waals surface area contributed by atoms with Crippen molar-refractivity contribution >= 4 is 44.9 Å². The Morgan fingerprint density at radius 3 is 2.24 bits per heavy atom. The lowest BCUT2D eigenvalue weighted by Gasteiger charge is -2.35. The van der Waals surface area contributed by atoms with Crippen LogP contribution in [0.15, 0.2) is 83.3 Å². The maximum Gasteiger partial charge on any atom is 0.341 e. The minimum atomic E-state index is -0.536. The molecular weight excluding hydrogens is 641 g/mol. The van der Waals surface area contributed by atoms with Crippen LogP contribution < -0.4 is 24.8 Å². The van der Waals surface area contributed by atoms with Crippen LogP contribution in [0, 0.1) is 12.7 Å². The number of amides is 1. The predicted octanol–water partition coefficient (Wildman–Crippen LogP) is 8.08. The number of para-hydroxylation sites is 1. The minimum absolute atomic E-state index is 0.00489. The molecule has 4 aromatic carbocycles. The normalized spacial score (nSPS) is 12.8. The van der Waals surface area contributed by atoms with Gasteiger partial charge in [0.15, 0.2) is 0 Å². The maximum absolute atomic E-state index is 14.3. The summed E-state index contributed by atoms with van der Waals surface area (Å²) in [4.78, 5) is 28.9. The number of rotatable bonds is 10. The van der Waals surface area contributed by atoms with Crippen LogP contribution in [0.2, 0.25) is 0 Å². The summed E-state index contributed by atoms with van der Waals surface area (Å²) in [7, 11) is 2.77. The van der Waals surface area contributed by atoms with Crippen molar-refractivity contribution in [2.24, 2.45) is 0 Å². The van der Waals surface area contributed by atoms with Crippen LogP contribution in [0.5, 0.6) is 17.2 Å². The van der Waals surface area contributed by atoms with E-state index in [4.69, 9.17) is 14.2 Å². The lowest BCUT2D eigenvalue weighted by molar-refractivity contribution is -0.117. The highest BCUT2D eigenvalue weighted by Crippen LogP contribution is 2.36. The molecule has 1 heterocycles. The second kappa shape index (κ2) is 14.5. The summed E-state index contributed by atoms with van der Waals surface area (Å²) in [5.74, 6) is 0.302. The summed E-state index contributed by atoms with van der Waals surface area (Å²) >= 11 is 3.54. The van der Waals surface area contributed by atoms with Gasteiger partial charge in [0.2, 0.25) is 5.91 Å². The van der Waals surface area contributed by atoms with Gasteiger partial charge in [0.1, 0.15) is 28.6 Å².